The number of nitrogens with one attached hydrogen (secondary N) is 1. The van der Waals surface area contributed by atoms with Crippen molar-refractivity contribution >= 4 is 23.8 Å². The van der Waals surface area contributed by atoms with Gasteiger partial charge in [-0.05, 0) is 37.2 Å². The molecule has 0 aromatic heterocycles. The summed E-state index contributed by atoms with van der Waals surface area (Å²) in [7, 11) is 0. The van der Waals surface area contributed by atoms with Crippen LogP contribution in [0.15, 0.2) is 0 Å². The average Bonchev–Trinajstić information content (AvgIpc) is 2.34. The van der Waals surface area contributed by atoms with Crippen molar-refractivity contribution < 1.29 is 14.7 Å². The normalized spacial score (nSPS) is 16.5. The molecule has 0 aromatic rings. The largest absolute Gasteiger partial charge is 0.480 e. The van der Waals surface area contributed by atoms with Gasteiger partial charge in [-0.1, -0.05) is 0 Å². The van der Waals surface area contributed by atoms with Crippen LogP contribution in [0.1, 0.15) is 19.8 Å². The highest BCUT2D eigenvalue weighted by molar-refractivity contribution is 7.99. The monoisotopic (exact) mass is 260 g/mol. The Morgan fingerprint density at radius 1 is 1.41 bits per heavy atom. The number of urea groups is 1. The molecule has 0 atom stereocenters. The summed E-state index contributed by atoms with van der Waals surface area (Å²) in [5.41, 5.74) is 0. The number of nitrogens with zero attached hydrogens (tertiary/aromatic N) is 1. The first-order valence-corrected chi connectivity index (χ1v) is 7.11. The molecule has 0 unspecified atom stereocenters. The van der Waals surface area contributed by atoms with E-state index in [-0.39, 0.29) is 12.6 Å². The second-order valence-electron chi connectivity index (χ2n) is 4.15. The second-order valence-corrected chi connectivity index (χ2v) is 5.37. The van der Waals surface area contributed by atoms with E-state index in [4.69, 9.17) is 5.11 Å². The summed E-state index contributed by atoms with van der Waals surface area (Å²) in [6.07, 6.45) is 2.27. The van der Waals surface area contributed by atoms with Gasteiger partial charge < -0.3 is 15.3 Å². The average molecular weight is 260 g/mol. The molecule has 5 nitrogen and oxygen atoms in total. The molecule has 1 saturated heterocycles. The van der Waals surface area contributed by atoms with Crippen molar-refractivity contribution in [2.45, 2.75) is 19.8 Å². The van der Waals surface area contributed by atoms with Crippen molar-refractivity contribution in [2.24, 2.45) is 5.92 Å². The van der Waals surface area contributed by atoms with Crippen LogP contribution < -0.4 is 5.32 Å². The smallest absolute Gasteiger partial charge is 0.323 e. The minimum absolute atomic E-state index is 0.233. The second kappa shape index (κ2) is 7.42. The van der Waals surface area contributed by atoms with Crippen LogP contribution >= 0.6 is 11.8 Å². The molecule has 1 heterocycles. The number of rotatable bonds is 5. The molecular weight excluding hydrogens is 240 g/mol. The predicted molar refractivity (Wildman–Crippen MR) is 68.3 cm³/mol. The Morgan fingerprint density at radius 2 is 2.06 bits per heavy atom. The van der Waals surface area contributed by atoms with E-state index in [2.05, 4.69) is 5.32 Å². The van der Waals surface area contributed by atoms with Crippen LogP contribution in [0.4, 0.5) is 4.79 Å². The Kier molecular flexibility index (Phi) is 6.18. The number of thioether (sulfide) groups is 1. The Labute approximate surface area is 106 Å². The molecule has 1 aliphatic rings. The van der Waals surface area contributed by atoms with Gasteiger partial charge in [0.15, 0.2) is 0 Å². The van der Waals surface area contributed by atoms with Gasteiger partial charge >= 0.3 is 12.0 Å². The highest BCUT2D eigenvalue weighted by atomic mass is 32.2. The van der Waals surface area contributed by atoms with Gasteiger partial charge in [-0.25, -0.2) is 4.79 Å². The van der Waals surface area contributed by atoms with E-state index in [9.17, 15) is 9.59 Å². The van der Waals surface area contributed by atoms with Gasteiger partial charge in [0.05, 0.1) is 0 Å². The Hall–Kier alpha value is -0.910. The molecule has 98 valence electrons. The Balaban J connectivity index is 2.28. The topological polar surface area (TPSA) is 69.6 Å². The molecule has 1 fully saturated rings. The molecule has 2 N–H and O–H groups in total. The molecule has 1 rings (SSSR count). The number of carbonyl (C=O) groups excluding carboxylic acids is 1. The summed E-state index contributed by atoms with van der Waals surface area (Å²) < 4.78 is 0. The van der Waals surface area contributed by atoms with Crippen LogP contribution in [0, 0.1) is 5.92 Å². The summed E-state index contributed by atoms with van der Waals surface area (Å²) in [4.78, 5) is 23.6. The molecule has 2 amide bonds. The van der Waals surface area contributed by atoms with Crippen molar-refractivity contribution in [2.75, 3.05) is 31.1 Å². The van der Waals surface area contributed by atoms with Gasteiger partial charge in [-0.3, -0.25) is 4.79 Å². The Morgan fingerprint density at radius 3 is 2.59 bits per heavy atom. The van der Waals surface area contributed by atoms with Crippen LogP contribution in [0.2, 0.25) is 0 Å². The lowest BCUT2D eigenvalue weighted by Crippen LogP contribution is -2.44. The summed E-state index contributed by atoms with van der Waals surface area (Å²) in [6.45, 7) is 2.62. The number of amides is 2. The van der Waals surface area contributed by atoms with Crippen LogP contribution in [-0.2, 0) is 4.79 Å². The van der Waals surface area contributed by atoms with Gasteiger partial charge in [-0.15, -0.1) is 0 Å². The molecule has 0 spiro atoms. The first-order valence-electron chi connectivity index (χ1n) is 5.95. The molecule has 0 bridgehead atoms. The number of aliphatic carboxylic acids is 1. The first-order chi connectivity index (χ1) is 8.13. The summed E-state index contributed by atoms with van der Waals surface area (Å²) in [6, 6.07) is -0.270. The van der Waals surface area contributed by atoms with Crippen LogP contribution in [0.25, 0.3) is 0 Å². The molecule has 1 aliphatic heterocycles. The maximum atomic E-state index is 11.7. The number of hydrogen-bond acceptors (Lipinski definition) is 3. The predicted octanol–water partition coefficient (Wildman–Crippen LogP) is 1.25. The molecule has 0 aliphatic carbocycles. The van der Waals surface area contributed by atoms with E-state index in [0.29, 0.717) is 19.0 Å². The zero-order valence-electron chi connectivity index (χ0n) is 10.1. The maximum absolute atomic E-state index is 11.7. The van der Waals surface area contributed by atoms with Crippen LogP contribution in [0.3, 0.4) is 0 Å². The lowest BCUT2D eigenvalue weighted by molar-refractivity contribution is -0.137. The quantitative estimate of drug-likeness (QED) is 0.780. The molecule has 0 radical (unpaired) electrons. The summed E-state index contributed by atoms with van der Waals surface area (Å²) in [5.74, 6) is 1.89. The lowest BCUT2D eigenvalue weighted by Gasteiger charge is -2.24. The number of carboxylic acid groups (broad SMARTS) is 1. The van der Waals surface area contributed by atoms with E-state index in [1.807, 2.05) is 11.8 Å². The zero-order valence-corrected chi connectivity index (χ0v) is 11.0. The van der Waals surface area contributed by atoms with Crippen LogP contribution in [-0.4, -0.2) is 53.1 Å². The highest BCUT2D eigenvalue weighted by Gasteiger charge is 2.18. The van der Waals surface area contributed by atoms with Gasteiger partial charge in [-0.2, -0.15) is 11.8 Å². The lowest BCUT2D eigenvalue weighted by atomic mass is 10.0. The number of carboxylic acids is 1. The van der Waals surface area contributed by atoms with Crippen molar-refractivity contribution in [3.05, 3.63) is 0 Å². The SMILES string of the molecule is CCN(CC(=O)O)C(=O)NCC1CCSCC1. The fourth-order valence-corrected chi connectivity index (χ4v) is 2.99. The van der Waals surface area contributed by atoms with E-state index in [1.54, 1.807) is 6.92 Å². The molecule has 0 aromatic carbocycles. The minimum atomic E-state index is -0.976. The van der Waals surface area contributed by atoms with Gasteiger partial charge in [0.1, 0.15) is 6.54 Å². The van der Waals surface area contributed by atoms with Crippen molar-refractivity contribution in [1.29, 1.82) is 0 Å². The maximum Gasteiger partial charge on any atom is 0.323 e. The van der Waals surface area contributed by atoms with Gasteiger partial charge in [0.2, 0.25) is 0 Å². The Bertz CT molecular complexity index is 267. The number of carbonyl (C=O) groups is 2. The van der Waals surface area contributed by atoms with E-state index < -0.39 is 5.97 Å². The van der Waals surface area contributed by atoms with Gasteiger partial charge in [0, 0.05) is 13.1 Å². The molecular formula is C11H20N2O3S. The van der Waals surface area contributed by atoms with Crippen molar-refractivity contribution in [1.82, 2.24) is 10.2 Å². The minimum Gasteiger partial charge on any atom is -0.480 e. The fraction of sp³-hybridized carbons (Fsp3) is 0.818. The van der Waals surface area contributed by atoms with E-state index in [1.165, 1.54) is 4.90 Å². The zero-order chi connectivity index (χ0) is 12.7. The fourth-order valence-electron chi connectivity index (χ4n) is 1.78. The molecule has 6 heteroatoms. The third kappa shape index (κ3) is 5.30. The van der Waals surface area contributed by atoms with Gasteiger partial charge in [0.25, 0.3) is 0 Å². The first kappa shape index (κ1) is 14.2. The third-order valence-corrected chi connectivity index (χ3v) is 3.93. The van der Waals surface area contributed by atoms with Crippen molar-refractivity contribution in [3.63, 3.8) is 0 Å². The molecule has 17 heavy (non-hydrogen) atoms. The number of hydrogen-bond donors (Lipinski definition) is 2. The van der Waals surface area contributed by atoms with Crippen molar-refractivity contribution in [3.8, 4) is 0 Å². The van der Waals surface area contributed by atoms with E-state index >= 15 is 0 Å². The van der Waals surface area contributed by atoms with Crippen LogP contribution in [0.5, 0.6) is 0 Å². The summed E-state index contributed by atoms with van der Waals surface area (Å²) in [5, 5.41) is 11.5. The third-order valence-electron chi connectivity index (χ3n) is 2.88. The number of likely N-dealkylation sites (N-methyl/N-ethyl adjacent to an activating group) is 1. The molecule has 0 saturated carbocycles. The van der Waals surface area contributed by atoms with E-state index in [0.717, 1.165) is 24.3 Å². The summed E-state index contributed by atoms with van der Waals surface area (Å²) >= 11 is 1.95. The highest BCUT2D eigenvalue weighted by Crippen LogP contribution is 2.21. The standard InChI is InChI=1S/C11H20N2O3S/c1-2-13(8-10(14)15)11(16)12-7-9-3-5-17-6-4-9/h9H,2-8H2,1H3,(H,12,16)(H,14,15).